The topological polar surface area (TPSA) is 54.0 Å². The molecule has 3 rings (SSSR count). The number of amides is 1. The van der Waals surface area contributed by atoms with Gasteiger partial charge in [-0.2, -0.15) is 0 Å². The van der Waals surface area contributed by atoms with Crippen molar-refractivity contribution >= 4 is 28.1 Å². The second-order valence-corrected chi connectivity index (χ2v) is 7.16. The van der Waals surface area contributed by atoms with E-state index in [9.17, 15) is 4.79 Å². The van der Waals surface area contributed by atoms with Crippen LogP contribution in [0.4, 0.5) is 10.8 Å². The molecule has 0 aliphatic carbocycles. The third kappa shape index (κ3) is 5.70. The van der Waals surface area contributed by atoms with Crippen LogP contribution in [0.15, 0.2) is 66.0 Å². The average Bonchev–Trinajstić information content (AvgIpc) is 3.08. The van der Waals surface area contributed by atoms with Crippen LogP contribution >= 0.6 is 11.3 Å². The van der Waals surface area contributed by atoms with Gasteiger partial charge in [-0.05, 0) is 37.5 Å². The Balaban J connectivity index is 1.44. The number of carbonyl (C=O) groups excluding carboxylic acids is 1. The molecule has 5 heteroatoms. The number of para-hydroxylation sites is 1. The van der Waals surface area contributed by atoms with Crippen LogP contribution in [0.3, 0.4) is 0 Å². The van der Waals surface area contributed by atoms with Crippen molar-refractivity contribution in [3.63, 3.8) is 0 Å². The predicted octanol–water partition coefficient (Wildman–Crippen LogP) is 4.57. The van der Waals surface area contributed by atoms with Crippen molar-refractivity contribution in [1.29, 1.82) is 0 Å². The van der Waals surface area contributed by atoms with Gasteiger partial charge < -0.3 is 10.6 Å². The summed E-state index contributed by atoms with van der Waals surface area (Å²) < 4.78 is 0. The number of thiazole rings is 1. The second kappa shape index (κ2) is 9.15. The summed E-state index contributed by atoms with van der Waals surface area (Å²) in [5.74, 6) is 0.0159. The van der Waals surface area contributed by atoms with Gasteiger partial charge in [0.1, 0.15) is 0 Å². The molecule has 0 saturated carbocycles. The minimum absolute atomic E-state index is 0.0159. The molecule has 26 heavy (non-hydrogen) atoms. The van der Waals surface area contributed by atoms with Crippen molar-refractivity contribution in [3.05, 3.63) is 77.3 Å². The van der Waals surface area contributed by atoms with Crippen molar-refractivity contribution in [3.8, 4) is 0 Å². The summed E-state index contributed by atoms with van der Waals surface area (Å²) in [4.78, 5) is 16.7. The maximum Gasteiger partial charge on any atom is 0.226 e. The second-order valence-electron chi connectivity index (χ2n) is 6.30. The van der Waals surface area contributed by atoms with E-state index < -0.39 is 0 Å². The number of hydrogen-bond donors (Lipinski definition) is 2. The Kier molecular flexibility index (Phi) is 6.39. The standard InChI is InChI=1S/C21H23N3OS/c1-16(12-13-17-8-4-2-5-9-17)22-20(25)14-19-15-26-21(24-19)23-18-10-6-3-7-11-18/h2-11,15-16H,12-14H2,1H3,(H,22,25)(H,23,24)/t16-/m0/s1. The van der Waals surface area contributed by atoms with Crippen LogP contribution in [0, 0.1) is 0 Å². The predicted molar refractivity (Wildman–Crippen MR) is 108 cm³/mol. The molecule has 1 heterocycles. The first-order chi connectivity index (χ1) is 12.7. The van der Waals surface area contributed by atoms with Crippen LogP contribution in [-0.4, -0.2) is 16.9 Å². The molecule has 1 atom stereocenters. The van der Waals surface area contributed by atoms with Crippen molar-refractivity contribution in [2.24, 2.45) is 0 Å². The lowest BCUT2D eigenvalue weighted by Gasteiger charge is -2.13. The smallest absolute Gasteiger partial charge is 0.226 e. The monoisotopic (exact) mass is 365 g/mol. The lowest BCUT2D eigenvalue weighted by Crippen LogP contribution is -2.34. The molecule has 0 bridgehead atoms. The van der Waals surface area contributed by atoms with Gasteiger partial charge in [-0.3, -0.25) is 4.79 Å². The van der Waals surface area contributed by atoms with E-state index >= 15 is 0 Å². The Morgan fingerprint density at radius 1 is 1.08 bits per heavy atom. The third-order valence-corrected chi connectivity index (χ3v) is 4.84. The summed E-state index contributed by atoms with van der Waals surface area (Å²) in [6.07, 6.45) is 2.19. The number of nitrogens with one attached hydrogen (secondary N) is 2. The zero-order chi connectivity index (χ0) is 18.2. The largest absolute Gasteiger partial charge is 0.353 e. The molecule has 0 unspecified atom stereocenters. The summed E-state index contributed by atoms with van der Waals surface area (Å²) in [5, 5.41) is 9.05. The normalized spacial score (nSPS) is 11.7. The van der Waals surface area contributed by atoms with Crippen molar-refractivity contribution < 1.29 is 4.79 Å². The Morgan fingerprint density at radius 3 is 2.50 bits per heavy atom. The lowest BCUT2D eigenvalue weighted by molar-refractivity contribution is -0.121. The van der Waals surface area contributed by atoms with Gasteiger partial charge in [-0.1, -0.05) is 48.5 Å². The zero-order valence-electron chi connectivity index (χ0n) is 14.8. The quantitative estimate of drug-likeness (QED) is 0.615. The number of benzene rings is 2. The molecule has 1 aromatic heterocycles. The van der Waals surface area contributed by atoms with E-state index in [2.05, 4.69) is 27.8 Å². The van der Waals surface area contributed by atoms with Gasteiger partial charge in [0.25, 0.3) is 0 Å². The zero-order valence-corrected chi connectivity index (χ0v) is 15.6. The molecule has 3 aromatic rings. The first kappa shape index (κ1) is 18.1. The molecule has 0 aliphatic heterocycles. The molecule has 2 N–H and O–H groups in total. The van der Waals surface area contributed by atoms with E-state index in [-0.39, 0.29) is 11.9 Å². The van der Waals surface area contributed by atoms with Crippen LogP contribution in [0.1, 0.15) is 24.6 Å². The van der Waals surface area contributed by atoms with E-state index in [0.717, 1.165) is 29.4 Å². The first-order valence-electron chi connectivity index (χ1n) is 8.79. The number of aryl methyl sites for hydroxylation is 1. The molecule has 0 saturated heterocycles. The van der Waals surface area contributed by atoms with Crippen LogP contribution in [-0.2, 0) is 17.6 Å². The maximum absolute atomic E-state index is 12.2. The van der Waals surface area contributed by atoms with Gasteiger partial charge >= 0.3 is 0 Å². The van der Waals surface area contributed by atoms with Crippen molar-refractivity contribution in [1.82, 2.24) is 10.3 Å². The van der Waals surface area contributed by atoms with E-state index in [4.69, 9.17) is 0 Å². The number of hydrogen-bond acceptors (Lipinski definition) is 4. The minimum atomic E-state index is 0.0159. The molecule has 0 radical (unpaired) electrons. The van der Waals surface area contributed by atoms with Gasteiger partial charge in [-0.25, -0.2) is 4.98 Å². The summed E-state index contributed by atoms with van der Waals surface area (Å²) >= 11 is 1.51. The van der Waals surface area contributed by atoms with E-state index in [1.54, 1.807) is 0 Å². The molecular formula is C21H23N3OS. The van der Waals surface area contributed by atoms with Crippen LogP contribution < -0.4 is 10.6 Å². The van der Waals surface area contributed by atoms with Gasteiger partial charge in [-0.15, -0.1) is 11.3 Å². The van der Waals surface area contributed by atoms with Gasteiger partial charge in [0.15, 0.2) is 5.13 Å². The number of aromatic nitrogens is 1. The van der Waals surface area contributed by atoms with E-state index in [1.165, 1.54) is 16.9 Å². The SMILES string of the molecule is C[C@@H](CCc1ccccc1)NC(=O)Cc1csc(Nc2ccccc2)n1. The third-order valence-electron chi connectivity index (χ3n) is 4.03. The highest BCUT2D eigenvalue weighted by Gasteiger charge is 2.11. The summed E-state index contributed by atoms with van der Waals surface area (Å²) in [6, 6.07) is 20.4. The Hall–Kier alpha value is -2.66. The highest BCUT2D eigenvalue weighted by Crippen LogP contribution is 2.20. The molecule has 0 spiro atoms. The number of nitrogens with zero attached hydrogens (tertiary/aromatic N) is 1. The molecule has 4 nitrogen and oxygen atoms in total. The maximum atomic E-state index is 12.2. The Morgan fingerprint density at radius 2 is 1.77 bits per heavy atom. The van der Waals surface area contributed by atoms with Gasteiger partial charge in [0.2, 0.25) is 5.91 Å². The molecular weight excluding hydrogens is 342 g/mol. The summed E-state index contributed by atoms with van der Waals surface area (Å²) in [5.41, 5.74) is 3.08. The fourth-order valence-corrected chi connectivity index (χ4v) is 3.41. The summed E-state index contributed by atoms with van der Waals surface area (Å²) in [6.45, 7) is 2.05. The highest BCUT2D eigenvalue weighted by atomic mass is 32.1. The number of carbonyl (C=O) groups is 1. The fraction of sp³-hybridized carbons (Fsp3) is 0.238. The Bertz CT molecular complexity index is 818. The average molecular weight is 366 g/mol. The van der Waals surface area contributed by atoms with Gasteiger partial charge in [0, 0.05) is 17.1 Å². The van der Waals surface area contributed by atoms with Crippen molar-refractivity contribution in [2.45, 2.75) is 32.2 Å². The molecule has 1 amide bonds. The minimum Gasteiger partial charge on any atom is -0.353 e. The fourth-order valence-electron chi connectivity index (χ4n) is 2.68. The van der Waals surface area contributed by atoms with Gasteiger partial charge in [0.05, 0.1) is 12.1 Å². The van der Waals surface area contributed by atoms with Crippen molar-refractivity contribution in [2.75, 3.05) is 5.32 Å². The molecule has 0 fully saturated rings. The lowest BCUT2D eigenvalue weighted by atomic mass is 10.1. The number of rotatable bonds is 8. The molecule has 134 valence electrons. The molecule has 2 aromatic carbocycles. The summed E-state index contributed by atoms with van der Waals surface area (Å²) in [7, 11) is 0. The van der Waals surface area contributed by atoms with E-state index in [1.807, 2.05) is 60.8 Å². The van der Waals surface area contributed by atoms with Crippen LogP contribution in [0.5, 0.6) is 0 Å². The van der Waals surface area contributed by atoms with Crippen LogP contribution in [0.25, 0.3) is 0 Å². The Labute approximate surface area is 158 Å². The molecule has 0 aliphatic rings. The van der Waals surface area contributed by atoms with E-state index in [0.29, 0.717) is 6.42 Å². The first-order valence-corrected chi connectivity index (χ1v) is 9.67. The highest BCUT2D eigenvalue weighted by molar-refractivity contribution is 7.13. The van der Waals surface area contributed by atoms with Crippen LogP contribution in [0.2, 0.25) is 0 Å². The number of anilines is 2.